The topological polar surface area (TPSA) is 93.1 Å². The molecule has 0 radical (unpaired) electrons. The number of benzene rings is 5. The molecule has 0 aliphatic heterocycles. The number of carbonyl (C=O) groups excluding carboxylic acids is 1. The highest BCUT2D eigenvalue weighted by molar-refractivity contribution is 5.72. The monoisotopic (exact) mass is 628 g/mol. The van der Waals surface area contributed by atoms with Gasteiger partial charge in [0.05, 0.1) is 26.2 Å². The summed E-state index contributed by atoms with van der Waals surface area (Å²) in [5.41, 5.74) is 5.57. The van der Waals surface area contributed by atoms with E-state index in [0.717, 1.165) is 38.9 Å². The Balaban J connectivity index is 1.32. The molecule has 5 aromatic carbocycles. The Morgan fingerprint density at radius 1 is 0.660 bits per heavy atom. The van der Waals surface area contributed by atoms with E-state index in [9.17, 15) is 19.8 Å². The van der Waals surface area contributed by atoms with Crippen LogP contribution in [0.5, 0.6) is 0 Å². The number of rotatable bonds is 15. The van der Waals surface area contributed by atoms with Gasteiger partial charge in [-0.3, -0.25) is 9.59 Å². The van der Waals surface area contributed by atoms with Crippen molar-refractivity contribution in [2.45, 2.75) is 37.4 Å². The highest BCUT2D eigenvalue weighted by Gasteiger charge is 2.40. The molecule has 0 aliphatic carbocycles. The van der Waals surface area contributed by atoms with Gasteiger partial charge in [0.15, 0.2) is 0 Å². The number of hydrogen-bond acceptors (Lipinski definition) is 5. The number of carbonyl (C=O) groups is 2. The fraction of sp³-hybridized carbons (Fsp3) is 0.220. The number of esters is 1. The van der Waals surface area contributed by atoms with Crippen molar-refractivity contribution in [1.29, 1.82) is 0 Å². The van der Waals surface area contributed by atoms with Crippen LogP contribution < -0.4 is 0 Å². The lowest BCUT2D eigenvalue weighted by molar-refractivity contribution is -0.151. The van der Waals surface area contributed by atoms with Gasteiger partial charge >= 0.3 is 11.9 Å². The third-order valence-electron chi connectivity index (χ3n) is 8.50. The minimum absolute atomic E-state index is 0.197. The van der Waals surface area contributed by atoms with Crippen LogP contribution in [-0.2, 0) is 43.9 Å². The molecular formula is C41H40O6. The maximum atomic E-state index is 12.6. The first kappa shape index (κ1) is 33.3. The lowest BCUT2D eigenvalue weighted by Crippen LogP contribution is -2.39. The maximum absolute atomic E-state index is 12.6. The number of methoxy groups -OCH3 is 1. The maximum Gasteiger partial charge on any atom is 0.311 e. The molecular weight excluding hydrogens is 588 g/mol. The summed E-state index contributed by atoms with van der Waals surface area (Å²) in [6, 6.07) is 45.3. The average molecular weight is 629 g/mol. The van der Waals surface area contributed by atoms with Gasteiger partial charge in [-0.25, -0.2) is 0 Å². The van der Waals surface area contributed by atoms with Gasteiger partial charge in [0.25, 0.3) is 0 Å². The van der Waals surface area contributed by atoms with Gasteiger partial charge in [-0.05, 0) is 58.2 Å². The van der Waals surface area contributed by atoms with Gasteiger partial charge in [0.2, 0.25) is 0 Å². The predicted octanol–water partition coefficient (Wildman–Crippen LogP) is 7.00. The Morgan fingerprint density at radius 2 is 1.13 bits per heavy atom. The molecule has 0 fully saturated rings. The third-order valence-corrected chi connectivity index (χ3v) is 8.50. The molecule has 6 heteroatoms. The van der Waals surface area contributed by atoms with Crippen LogP contribution in [0, 0.1) is 5.92 Å². The minimum atomic E-state index is -1.15. The first-order valence-corrected chi connectivity index (χ1v) is 15.8. The van der Waals surface area contributed by atoms with Crippen molar-refractivity contribution in [3.05, 3.63) is 178 Å². The van der Waals surface area contributed by atoms with Crippen molar-refractivity contribution in [1.82, 2.24) is 0 Å². The largest absolute Gasteiger partial charge is 0.481 e. The van der Waals surface area contributed by atoms with Gasteiger partial charge in [-0.2, -0.15) is 0 Å². The lowest BCUT2D eigenvalue weighted by Gasteiger charge is -2.37. The van der Waals surface area contributed by atoms with Gasteiger partial charge in [-0.15, -0.1) is 0 Å². The van der Waals surface area contributed by atoms with Gasteiger partial charge < -0.3 is 19.7 Å². The molecule has 240 valence electrons. The van der Waals surface area contributed by atoms with E-state index in [0.29, 0.717) is 12.8 Å². The van der Waals surface area contributed by atoms with Crippen molar-refractivity contribution >= 4 is 11.9 Å². The fourth-order valence-corrected chi connectivity index (χ4v) is 6.07. The number of aliphatic hydroxyl groups excluding tert-OH is 1. The molecule has 5 aromatic rings. The molecule has 0 aromatic heterocycles. The highest BCUT2D eigenvalue weighted by atomic mass is 16.5. The third kappa shape index (κ3) is 8.41. The number of carboxylic acid groups (broad SMARTS) is 1. The molecule has 0 saturated heterocycles. The van der Waals surface area contributed by atoms with E-state index in [2.05, 4.69) is 6.07 Å². The Kier molecular flexibility index (Phi) is 11.3. The van der Waals surface area contributed by atoms with E-state index in [4.69, 9.17) is 9.47 Å². The van der Waals surface area contributed by atoms with E-state index < -0.39 is 23.6 Å². The molecule has 0 bridgehead atoms. The molecule has 0 saturated carbocycles. The van der Waals surface area contributed by atoms with Crippen LogP contribution in [0.4, 0.5) is 0 Å². The number of aliphatic hydroxyl groups is 1. The van der Waals surface area contributed by atoms with E-state index in [1.165, 1.54) is 7.11 Å². The zero-order chi connectivity index (χ0) is 33.1. The van der Waals surface area contributed by atoms with E-state index in [1.807, 2.05) is 133 Å². The average Bonchev–Trinajstić information content (AvgIpc) is 3.10. The van der Waals surface area contributed by atoms with Crippen molar-refractivity contribution in [2.24, 2.45) is 5.92 Å². The molecule has 0 aliphatic rings. The van der Waals surface area contributed by atoms with Gasteiger partial charge in [-0.1, -0.05) is 140 Å². The summed E-state index contributed by atoms with van der Waals surface area (Å²) >= 11 is 0. The Hall–Kier alpha value is -5.04. The number of ether oxygens (including phenoxy) is 2. The Bertz CT molecular complexity index is 1640. The lowest BCUT2D eigenvalue weighted by atomic mass is 9.80. The second-order valence-electron chi connectivity index (χ2n) is 11.7. The SMILES string of the molecule is COC(=O)Cc1cccc(Cc2cccc(CC[C@@H](O)[C@@H](COC(c3ccccc3)(c3ccccc3)c3ccccc3)C(=O)O)c2)c1. The molecule has 2 N–H and O–H groups in total. The smallest absolute Gasteiger partial charge is 0.311 e. The summed E-state index contributed by atoms with van der Waals surface area (Å²) in [6.07, 6.45) is 0.527. The second-order valence-corrected chi connectivity index (χ2v) is 11.7. The predicted molar refractivity (Wildman–Crippen MR) is 182 cm³/mol. The molecule has 6 nitrogen and oxygen atoms in total. The number of aliphatic carboxylic acids is 1. The van der Waals surface area contributed by atoms with Gasteiger partial charge in [0, 0.05) is 0 Å². The molecule has 2 atom stereocenters. The van der Waals surface area contributed by atoms with E-state index in [1.54, 1.807) is 0 Å². The zero-order valence-electron chi connectivity index (χ0n) is 26.5. The summed E-state index contributed by atoms with van der Waals surface area (Å²) in [7, 11) is 1.38. The summed E-state index contributed by atoms with van der Waals surface area (Å²) in [6.45, 7) is -0.197. The van der Waals surface area contributed by atoms with Crippen molar-refractivity contribution < 1.29 is 29.3 Å². The molecule has 47 heavy (non-hydrogen) atoms. The summed E-state index contributed by atoms with van der Waals surface area (Å²) < 4.78 is 11.5. The highest BCUT2D eigenvalue weighted by Crippen LogP contribution is 2.41. The molecule has 0 amide bonds. The number of carboxylic acids is 1. The first-order valence-electron chi connectivity index (χ1n) is 15.8. The molecule has 0 spiro atoms. The summed E-state index contributed by atoms with van der Waals surface area (Å²) in [4.78, 5) is 24.3. The minimum Gasteiger partial charge on any atom is -0.481 e. The van der Waals surface area contributed by atoms with E-state index >= 15 is 0 Å². The zero-order valence-corrected chi connectivity index (χ0v) is 26.5. The summed E-state index contributed by atoms with van der Waals surface area (Å²) in [5, 5.41) is 21.6. The van der Waals surface area contributed by atoms with Gasteiger partial charge in [0.1, 0.15) is 11.5 Å². The molecule has 5 rings (SSSR count). The van der Waals surface area contributed by atoms with Crippen LogP contribution in [0.3, 0.4) is 0 Å². The molecule has 0 heterocycles. The van der Waals surface area contributed by atoms with Crippen LogP contribution in [-0.4, -0.2) is 42.0 Å². The molecule has 0 unspecified atom stereocenters. The Labute approximate surface area is 276 Å². The van der Waals surface area contributed by atoms with Crippen LogP contribution in [0.15, 0.2) is 140 Å². The van der Waals surface area contributed by atoms with Crippen molar-refractivity contribution in [3.63, 3.8) is 0 Å². The fourth-order valence-electron chi connectivity index (χ4n) is 6.07. The van der Waals surface area contributed by atoms with Crippen molar-refractivity contribution in [3.8, 4) is 0 Å². The van der Waals surface area contributed by atoms with Crippen molar-refractivity contribution in [2.75, 3.05) is 13.7 Å². The number of hydrogen-bond donors (Lipinski definition) is 2. The quantitative estimate of drug-likeness (QED) is 0.0959. The second kappa shape index (κ2) is 16.0. The van der Waals surface area contributed by atoms with E-state index in [-0.39, 0.29) is 25.4 Å². The number of aryl methyl sites for hydroxylation is 1. The van der Waals surface area contributed by atoms with Crippen LogP contribution in [0.1, 0.15) is 45.4 Å². The van der Waals surface area contributed by atoms with Crippen LogP contribution >= 0.6 is 0 Å². The standard InChI is InChI=1S/C41H40O6/c1-46-39(43)28-33-16-12-15-32(27-33)26-31-14-11-13-30(25-31)23-24-38(42)37(40(44)45)29-47-41(34-17-5-2-6-18-34,35-19-7-3-8-20-35)36-21-9-4-10-22-36/h2-22,25,27,37-38,42H,23-24,26,28-29H2,1H3,(H,44,45)/t37-,38-/m1/s1. The normalized spacial score (nSPS) is 12.6. The Morgan fingerprint density at radius 3 is 1.62 bits per heavy atom. The summed E-state index contributed by atoms with van der Waals surface area (Å²) in [5.74, 6) is -2.54. The van der Waals surface area contributed by atoms with Crippen LogP contribution in [0.25, 0.3) is 0 Å². The van der Waals surface area contributed by atoms with Crippen LogP contribution in [0.2, 0.25) is 0 Å². The first-order chi connectivity index (χ1) is 22.9.